The third-order valence-electron chi connectivity index (χ3n) is 3.09. The molecule has 0 aliphatic heterocycles. The summed E-state index contributed by atoms with van der Waals surface area (Å²) in [7, 11) is 0. The van der Waals surface area contributed by atoms with Crippen LogP contribution in [-0.4, -0.2) is 23.1 Å². The lowest BCUT2D eigenvalue weighted by atomic mass is 10.1. The molecular formula is C15H26ClN3. The summed E-state index contributed by atoms with van der Waals surface area (Å²) in [6.07, 6.45) is 2.33. The molecule has 3 nitrogen and oxygen atoms in total. The van der Waals surface area contributed by atoms with E-state index < -0.39 is 0 Å². The molecule has 0 aromatic carbocycles. The minimum Gasteiger partial charge on any atom is -0.356 e. The van der Waals surface area contributed by atoms with Crippen molar-refractivity contribution in [3.8, 4) is 0 Å². The lowest BCUT2D eigenvalue weighted by Gasteiger charge is -2.25. The van der Waals surface area contributed by atoms with Gasteiger partial charge in [0, 0.05) is 24.8 Å². The van der Waals surface area contributed by atoms with Crippen molar-refractivity contribution in [2.45, 2.75) is 47.5 Å². The van der Waals surface area contributed by atoms with E-state index in [0.717, 1.165) is 24.6 Å². The Morgan fingerprint density at radius 2 is 1.58 bits per heavy atom. The molecule has 0 atom stereocenters. The minimum atomic E-state index is 0.342. The van der Waals surface area contributed by atoms with Gasteiger partial charge in [0.05, 0.1) is 0 Å². The fraction of sp³-hybridized carbons (Fsp3) is 0.733. The van der Waals surface area contributed by atoms with Gasteiger partial charge in [-0.05, 0) is 43.2 Å². The predicted octanol–water partition coefficient (Wildman–Crippen LogP) is 4.34. The van der Waals surface area contributed by atoms with Crippen molar-refractivity contribution in [1.29, 1.82) is 0 Å². The molecule has 0 N–H and O–H groups in total. The molecule has 0 spiro atoms. The van der Waals surface area contributed by atoms with Crippen LogP contribution in [0.5, 0.6) is 0 Å². The average molecular weight is 284 g/mol. The summed E-state index contributed by atoms with van der Waals surface area (Å²) < 4.78 is 0. The Hall–Kier alpha value is -0.830. The van der Waals surface area contributed by atoms with Crippen molar-refractivity contribution in [2.24, 2.45) is 11.8 Å². The van der Waals surface area contributed by atoms with Crippen molar-refractivity contribution >= 4 is 17.4 Å². The van der Waals surface area contributed by atoms with E-state index in [2.05, 4.69) is 42.6 Å². The highest BCUT2D eigenvalue weighted by Crippen LogP contribution is 2.18. The second-order valence-corrected chi connectivity index (χ2v) is 6.33. The van der Waals surface area contributed by atoms with Gasteiger partial charge in [0.25, 0.3) is 0 Å². The third-order valence-corrected chi connectivity index (χ3v) is 3.26. The lowest BCUT2D eigenvalue weighted by Crippen LogP contribution is -2.28. The predicted molar refractivity (Wildman–Crippen MR) is 82.9 cm³/mol. The number of anilines is 1. The fourth-order valence-electron chi connectivity index (χ4n) is 1.85. The van der Waals surface area contributed by atoms with Crippen LogP contribution in [0.4, 0.5) is 5.82 Å². The van der Waals surface area contributed by atoms with E-state index in [-0.39, 0.29) is 0 Å². The molecule has 0 aliphatic rings. The first-order valence-corrected chi connectivity index (χ1v) is 7.52. The van der Waals surface area contributed by atoms with Gasteiger partial charge in [0.2, 0.25) is 5.28 Å². The molecule has 0 saturated heterocycles. The number of hydrogen-bond acceptors (Lipinski definition) is 3. The molecule has 0 unspecified atom stereocenters. The molecule has 0 radical (unpaired) electrons. The fourth-order valence-corrected chi connectivity index (χ4v) is 2.07. The van der Waals surface area contributed by atoms with Gasteiger partial charge >= 0.3 is 0 Å². The van der Waals surface area contributed by atoms with Crippen LogP contribution in [-0.2, 0) is 0 Å². The van der Waals surface area contributed by atoms with Gasteiger partial charge < -0.3 is 4.90 Å². The summed E-state index contributed by atoms with van der Waals surface area (Å²) >= 11 is 5.97. The molecular weight excluding hydrogens is 258 g/mol. The Morgan fingerprint density at radius 1 is 1.05 bits per heavy atom. The Labute approximate surface area is 122 Å². The summed E-state index contributed by atoms with van der Waals surface area (Å²) in [5, 5.41) is 0.342. The van der Waals surface area contributed by atoms with Crippen LogP contribution in [0.2, 0.25) is 5.28 Å². The van der Waals surface area contributed by atoms with Crippen LogP contribution in [0.25, 0.3) is 0 Å². The van der Waals surface area contributed by atoms with E-state index in [4.69, 9.17) is 11.6 Å². The van der Waals surface area contributed by atoms with Gasteiger partial charge in [0.15, 0.2) is 0 Å². The van der Waals surface area contributed by atoms with Gasteiger partial charge in [-0.15, -0.1) is 0 Å². The van der Waals surface area contributed by atoms with Crippen LogP contribution in [0.1, 0.15) is 46.2 Å². The van der Waals surface area contributed by atoms with Crippen LogP contribution in [0.3, 0.4) is 0 Å². The summed E-state index contributed by atoms with van der Waals surface area (Å²) in [5.41, 5.74) is 0.925. The zero-order valence-corrected chi connectivity index (χ0v) is 13.5. The molecule has 0 bridgehead atoms. The summed E-state index contributed by atoms with van der Waals surface area (Å²) in [6.45, 7) is 13.0. The molecule has 0 aliphatic carbocycles. The standard InChI is InChI=1S/C15H26ClN3/c1-11(2)6-8-19(9-7-12(3)4)14-10-13(5)17-15(16)18-14/h10-12H,6-9H2,1-5H3. The Balaban J connectivity index is 2.80. The SMILES string of the molecule is Cc1cc(N(CCC(C)C)CCC(C)C)nc(Cl)n1. The van der Waals surface area contributed by atoms with Crippen molar-refractivity contribution < 1.29 is 0 Å². The maximum absolute atomic E-state index is 5.97. The number of aryl methyl sites for hydroxylation is 1. The number of rotatable bonds is 7. The first-order chi connectivity index (χ1) is 8.88. The van der Waals surface area contributed by atoms with Gasteiger partial charge in [-0.3, -0.25) is 0 Å². The molecule has 108 valence electrons. The van der Waals surface area contributed by atoms with Crippen LogP contribution >= 0.6 is 11.6 Å². The maximum Gasteiger partial charge on any atom is 0.224 e. The van der Waals surface area contributed by atoms with E-state index in [0.29, 0.717) is 17.1 Å². The van der Waals surface area contributed by atoms with Crippen LogP contribution in [0.15, 0.2) is 6.07 Å². The average Bonchev–Trinajstić information content (AvgIpc) is 2.26. The van der Waals surface area contributed by atoms with Gasteiger partial charge in [-0.25, -0.2) is 9.97 Å². The highest BCUT2D eigenvalue weighted by Gasteiger charge is 2.11. The molecule has 0 amide bonds. The number of halogens is 1. The van der Waals surface area contributed by atoms with Crippen molar-refractivity contribution in [3.05, 3.63) is 17.0 Å². The highest BCUT2D eigenvalue weighted by atomic mass is 35.5. The normalized spacial score (nSPS) is 11.4. The monoisotopic (exact) mass is 283 g/mol. The van der Waals surface area contributed by atoms with E-state index in [9.17, 15) is 0 Å². The molecule has 4 heteroatoms. The van der Waals surface area contributed by atoms with Gasteiger partial charge in [-0.1, -0.05) is 27.7 Å². The van der Waals surface area contributed by atoms with E-state index in [1.54, 1.807) is 0 Å². The Morgan fingerprint density at radius 3 is 2.00 bits per heavy atom. The van der Waals surface area contributed by atoms with Gasteiger partial charge in [0.1, 0.15) is 5.82 Å². The maximum atomic E-state index is 5.97. The first kappa shape index (κ1) is 16.2. The third kappa shape index (κ3) is 6.24. The zero-order valence-electron chi connectivity index (χ0n) is 12.8. The second kappa shape index (κ2) is 7.68. The first-order valence-electron chi connectivity index (χ1n) is 7.14. The summed E-state index contributed by atoms with van der Waals surface area (Å²) in [6, 6.07) is 2.02. The van der Waals surface area contributed by atoms with E-state index in [1.807, 2.05) is 13.0 Å². The van der Waals surface area contributed by atoms with Crippen molar-refractivity contribution in [2.75, 3.05) is 18.0 Å². The summed E-state index contributed by atoms with van der Waals surface area (Å²) in [5.74, 6) is 2.35. The molecule has 0 saturated carbocycles. The Bertz CT molecular complexity index is 359. The minimum absolute atomic E-state index is 0.342. The van der Waals surface area contributed by atoms with Crippen molar-refractivity contribution in [1.82, 2.24) is 9.97 Å². The van der Waals surface area contributed by atoms with Crippen LogP contribution < -0.4 is 4.90 Å². The topological polar surface area (TPSA) is 29.0 Å². The molecule has 1 aromatic heterocycles. The smallest absolute Gasteiger partial charge is 0.224 e. The highest BCUT2D eigenvalue weighted by molar-refractivity contribution is 6.28. The van der Waals surface area contributed by atoms with E-state index >= 15 is 0 Å². The van der Waals surface area contributed by atoms with Crippen molar-refractivity contribution in [3.63, 3.8) is 0 Å². The molecule has 1 heterocycles. The molecule has 1 aromatic rings. The largest absolute Gasteiger partial charge is 0.356 e. The lowest BCUT2D eigenvalue weighted by molar-refractivity contribution is 0.532. The number of nitrogens with zero attached hydrogens (tertiary/aromatic N) is 3. The Kier molecular flexibility index (Phi) is 6.56. The zero-order chi connectivity index (χ0) is 14.4. The molecule has 19 heavy (non-hydrogen) atoms. The number of hydrogen-bond donors (Lipinski definition) is 0. The van der Waals surface area contributed by atoms with E-state index in [1.165, 1.54) is 12.8 Å². The molecule has 0 fully saturated rings. The molecule has 1 rings (SSSR count). The quantitative estimate of drug-likeness (QED) is 0.697. The van der Waals surface area contributed by atoms with Gasteiger partial charge in [-0.2, -0.15) is 0 Å². The number of aromatic nitrogens is 2. The second-order valence-electron chi connectivity index (χ2n) is 5.99. The van der Waals surface area contributed by atoms with Crippen LogP contribution in [0, 0.1) is 18.8 Å². The summed E-state index contributed by atoms with van der Waals surface area (Å²) in [4.78, 5) is 10.8.